The molecule has 0 atom stereocenters. The molecule has 0 aromatic rings. The summed E-state index contributed by atoms with van der Waals surface area (Å²) < 4.78 is 0. The zero-order chi connectivity index (χ0) is 0. The van der Waals surface area contributed by atoms with E-state index in [1.54, 1.807) is 0 Å². The molecule has 0 aliphatic rings. The topological polar surface area (TPSA) is 30.0 Å². The van der Waals surface area contributed by atoms with Crippen LogP contribution in [0, 0.1) is 0 Å². The van der Waals surface area contributed by atoms with Crippen LogP contribution in [0.4, 0.5) is 0 Å². The van der Waals surface area contributed by atoms with Gasteiger partial charge in [0.1, 0.15) is 0 Å². The van der Waals surface area contributed by atoms with Crippen molar-refractivity contribution in [3.63, 3.8) is 0 Å². The second-order valence-corrected chi connectivity index (χ2v) is 0. The molecule has 0 aromatic carbocycles. The maximum atomic E-state index is 0. The molecule has 0 aliphatic carbocycles. The molecule has 0 fully saturated rings. The zero-order valence-electron chi connectivity index (χ0n) is 2.56. The molecule has 1 N–H and O–H groups in total. The largest absolute Gasteiger partial charge is 2.00 e. The van der Waals surface area contributed by atoms with Crippen molar-refractivity contribution in [3.05, 3.63) is 0 Å². The summed E-state index contributed by atoms with van der Waals surface area (Å²) in [6.07, 6.45) is 0. The molecule has 16 valence electrons. The van der Waals surface area contributed by atoms with Gasteiger partial charge in [0.05, 0.1) is 0 Å². The Morgan fingerprint density at radius 3 is 1.00 bits per heavy atom. The van der Waals surface area contributed by atoms with Gasteiger partial charge in [0.15, 0.2) is 0 Å². The first-order valence-corrected chi connectivity index (χ1v) is 0. The van der Waals surface area contributed by atoms with E-state index in [4.69, 9.17) is 0 Å². The second kappa shape index (κ2) is 19.6. The van der Waals surface area contributed by atoms with Crippen LogP contribution in [-0.2, 0) is 13.5 Å². The van der Waals surface area contributed by atoms with Crippen molar-refractivity contribution >= 4 is 36.5 Å². The molecule has 0 radical (unpaired) electrons. The summed E-state index contributed by atoms with van der Waals surface area (Å²) in [5.74, 6) is 0. The van der Waals surface area contributed by atoms with Crippen molar-refractivity contribution in [2.75, 3.05) is 0 Å². The molecule has 0 rings (SSSR count). The monoisotopic (exact) mass is 95.9 g/mol. The minimum atomic E-state index is 0. The maximum absolute atomic E-state index is 0. The van der Waals surface area contributed by atoms with Crippen LogP contribution in [-0.4, -0.2) is 28.5 Å². The Morgan fingerprint density at radius 1 is 1.00 bits per heavy atom. The van der Waals surface area contributed by atoms with Crippen LogP contribution < -0.4 is 29.6 Å². The SMILES string of the molecule is [Mg+2].[Na+].[OH-].[S-2]. The van der Waals surface area contributed by atoms with Gasteiger partial charge < -0.3 is 19.0 Å². The normalized spacial score (nSPS) is 0. The third kappa shape index (κ3) is 8.95. The molecule has 0 saturated heterocycles. The predicted octanol–water partition coefficient (Wildman–Crippen LogP) is -3.56. The first kappa shape index (κ1) is 36.3. The van der Waals surface area contributed by atoms with Gasteiger partial charge in [-0.1, -0.05) is 0 Å². The molecule has 0 spiro atoms. The van der Waals surface area contributed by atoms with E-state index < -0.39 is 0 Å². The van der Waals surface area contributed by atoms with Gasteiger partial charge in [-0.15, -0.1) is 0 Å². The second-order valence-electron chi connectivity index (χ2n) is 0. The molecule has 0 aromatic heterocycles. The first-order valence-electron chi connectivity index (χ1n) is 0. The molecular formula is HMgNaOS. The van der Waals surface area contributed by atoms with Crippen LogP contribution >= 0.6 is 0 Å². The van der Waals surface area contributed by atoms with Crippen molar-refractivity contribution in [1.29, 1.82) is 0 Å². The Hall–Kier alpha value is 2.08. The average Bonchev–Trinajstić information content (AvgIpc) is 0. The Labute approximate surface area is 70.7 Å². The van der Waals surface area contributed by atoms with E-state index in [9.17, 15) is 0 Å². The molecule has 0 heterocycles. The quantitative estimate of drug-likeness (QED) is 0.287. The summed E-state index contributed by atoms with van der Waals surface area (Å²) >= 11 is 0. The summed E-state index contributed by atoms with van der Waals surface area (Å²) in [6.45, 7) is 0. The smallest absolute Gasteiger partial charge is 2.00 e. The molecule has 0 amide bonds. The summed E-state index contributed by atoms with van der Waals surface area (Å²) in [4.78, 5) is 0. The molecule has 4 heavy (non-hydrogen) atoms. The molecule has 4 heteroatoms. The molecule has 0 aliphatic heterocycles. The van der Waals surface area contributed by atoms with Gasteiger partial charge in [0, 0.05) is 0 Å². The van der Waals surface area contributed by atoms with E-state index in [-0.39, 0.29) is 71.6 Å². The Morgan fingerprint density at radius 2 is 1.00 bits per heavy atom. The van der Waals surface area contributed by atoms with Crippen LogP contribution in [0.5, 0.6) is 0 Å². The van der Waals surface area contributed by atoms with Gasteiger partial charge in [-0.3, -0.25) is 0 Å². The van der Waals surface area contributed by atoms with Crippen molar-refractivity contribution in [1.82, 2.24) is 0 Å². The Kier molecular flexibility index (Phi) is 178. The predicted molar refractivity (Wildman–Crippen MR) is 15.1 cm³/mol. The van der Waals surface area contributed by atoms with Crippen LogP contribution in [0.15, 0.2) is 0 Å². The number of hydrogen-bond acceptors (Lipinski definition) is 1. The molecule has 1 nitrogen and oxygen atoms in total. The van der Waals surface area contributed by atoms with E-state index in [1.807, 2.05) is 0 Å². The van der Waals surface area contributed by atoms with E-state index in [1.165, 1.54) is 0 Å². The van der Waals surface area contributed by atoms with Gasteiger partial charge in [0.2, 0.25) is 0 Å². The van der Waals surface area contributed by atoms with Crippen molar-refractivity contribution in [3.8, 4) is 0 Å². The van der Waals surface area contributed by atoms with Crippen molar-refractivity contribution in [2.45, 2.75) is 0 Å². The van der Waals surface area contributed by atoms with Gasteiger partial charge in [-0.05, 0) is 0 Å². The summed E-state index contributed by atoms with van der Waals surface area (Å²) in [5, 5.41) is 0. The summed E-state index contributed by atoms with van der Waals surface area (Å²) in [5.41, 5.74) is 0. The van der Waals surface area contributed by atoms with Crippen LogP contribution in [0.3, 0.4) is 0 Å². The van der Waals surface area contributed by atoms with Gasteiger partial charge in [-0.2, -0.15) is 0 Å². The van der Waals surface area contributed by atoms with E-state index >= 15 is 0 Å². The summed E-state index contributed by atoms with van der Waals surface area (Å²) in [6, 6.07) is 0. The van der Waals surface area contributed by atoms with E-state index in [2.05, 4.69) is 0 Å². The van der Waals surface area contributed by atoms with Crippen LogP contribution in [0.25, 0.3) is 0 Å². The molecule has 0 saturated carbocycles. The van der Waals surface area contributed by atoms with Crippen molar-refractivity contribution in [2.24, 2.45) is 0 Å². The number of hydrogen-bond donors (Lipinski definition) is 0. The minimum absolute atomic E-state index is 0. The molecule has 0 bridgehead atoms. The first-order chi connectivity index (χ1) is 0. The molecule has 0 unspecified atom stereocenters. The third-order valence-electron chi connectivity index (χ3n) is 0. The van der Waals surface area contributed by atoms with E-state index in [0.717, 1.165) is 0 Å². The Balaban J connectivity index is 0. The zero-order valence-corrected chi connectivity index (χ0v) is 6.79. The fourth-order valence-electron chi connectivity index (χ4n) is 0. The van der Waals surface area contributed by atoms with Crippen molar-refractivity contribution < 1.29 is 35.0 Å². The fourth-order valence-corrected chi connectivity index (χ4v) is 0. The molecular weight excluding hydrogens is 95.4 g/mol. The maximum Gasteiger partial charge on any atom is 2.00 e. The van der Waals surface area contributed by atoms with Gasteiger partial charge in [0.25, 0.3) is 0 Å². The van der Waals surface area contributed by atoms with Crippen LogP contribution in [0.1, 0.15) is 0 Å². The fraction of sp³-hybridized carbons (Fsp3) is 0. The Bertz CT molecular complexity index is 8.00. The van der Waals surface area contributed by atoms with Crippen LogP contribution in [0.2, 0.25) is 0 Å². The third-order valence-corrected chi connectivity index (χ3v) is 0. The van der Waals surface area contributed by atoms with Gasteiger partial charge >= 0.3 is 52.6 Å². The minimum Gasteiger partial charge on any atom is -2.00 e. The van der Waals surface area contributed by atoms with E-state index in [0.29, 0.717) is 0 Å². The summed E-state index contributed by atoms with van der Waals surface area (Å²) in [7, 11) is 0. The van der Waals surface area contributed by atoms with Gasteiger partial charge in [-0.25, -0.2) is 0 Å². The average molecular weight is 96.4 g/mol. The number of rotatable bonds is 0. The standard InChI is InChI=1S/Mg.Na.H2O.S/h;;1H2;/q+2;+1;;-2/p-1.